The van der Waals surface area contributed by atoms with Gasteiger partial charge in [0.05, 0.1) is 16.1 Å². The lowest BCUT2D eigenvalue weighted by atomic mass is 10.2. The first-order valence-electron chi connectivity index (χ1n) is 10.2. The molecule has 1 N–H and O–H groups in total. The second-order valence-corrected chi connectivity index (χ2v) is 7.42. The summed E-state index contributed by atoms with van der Waals surface area (Å²) in [5.74, 6) is 2.56. The summed E-state index contributed by atoms with van der Waals surface area (Å²) in [6.45, 7) is 3.83. The summed E-state index contributed by atoms with van der Waals surface area (Å²) in [5.41, 5.74) is 2.57. The maximum Gasteiger partial charge on any atom is 0.165 e. The molecule has 0 bridgehead atoms. The topological polar surface area (TPSA) is 91.3 Å². The van der Waals surface area contributed by atoms with Crippen molar-refractivity contribution in [3.63, 3.8) is 0 Å². The summed E-state index contributed by atoms with van der Waals surface area (Å²) in [4.78, 5) is 18.3. The van der Waals surface area contributed by atoms with Crippen LogP contribution in [0.3, 0.4) is 0 Å². The van der Waals surface area contributed by atoms with Crippen molar-refractivity contribution < 1.29 is 14.2 Å². The summed E-state index contributed by atoms with van der Waals surface area (Å²) in [6.07, 6.45) is 1.68. The van der Waals surface area contributed by atoms with Crippen molar-refractivity contribution in [1.29, 1.82) is 0 Å². The van der Waals surface area contributed by atoms with Gasteiger partial charge in [-0.05, 0) is 43.3 Å². The molecule has 0 spiro atoms. The van der Waals surface area contributed by atoms with Crippen molar-refractivity contribution in [1.82, 2.24) is 19.9 Å². The van der Waals surface area contributed by atoms with E-state index in [0.29, 0.717) is 59.3 Å². The number of halogens is 1. The molecule has 8 nitrogen and oxygen atoms in total. The van der Waals surface area contributed by atoms with Gasteiger partial charge in [-0.25, -0.2) is 15.0 Å². The number of anilines is 2. The summed E-state index contributed by atoms with van der Waals surface area (Å²) in [6, 6.07) is 13.0. The molecular weight excluding hydrogens is 430 g/mol. The number of fused-ring (bicyclic) bond motifs is 2. The second kappa shape index (κ2) is 8.94. The number of ether oxygens (including phenoxy) is 3. The van der Waals surface area contributed by atoms with Gasteiger partial charge in [0.2, 0.25) is 0 Å². The van der Waals surface area contributed by atoms with Crippen LogP contribution < -0.4 is 14.8 Å². The highest BCUT2D eigenvalue weighted by Gasteiger charge is 2.15. The molecule has 0 atom stereocenters. The van der Waals surface area contributed by atoms with Crippen LogP contribution in [0.2, 0.25) is 5.02 Å². The van der Waals surface area contributed by atoms with Gasteiger partial charge < -0.3 is 19.5 Å². The number of hydrogen-bond donors (Lipinski definition) is 1. The van der Waals surface area contributed by atoms with Crippen molar-refractivity contribution in [3.05, 3.63) is 59.5 Å². The molecule has 0 saturated heterocycles. The van der Waals surface area contributed by atoms with E-state index in [1.54, 1.807) is 18.3 Å². The highest BCUT2D eigenvalue weighted by Crippen LogP contribution is 2.34. The molecule has 0 amide bonds. The number of nitrogens with one attached hydrogen (secondary N) is 1. The van der Waals surface area contributed by atoms with Gasteiger partial charge in [0.1, 0.15) is 31.3 Å². The molecule has 1 aromatic carbocycles. The monoisotopic (exact) mass is 449 g/mol. The Morgan fingerprint density at radius 2 is 1.91 bits per heavy atom. The summed E-state index contributed by atoms with van der Waals surface area (Å²) in [7, 11) is 0. The van der Waals surface area contributed by atoms with Crippen molar-refractivity contribution >= 4 is 34.1 Å². The van der Waals surface area contributed by atoms with E-state index in [-0.39, 0.29) is 6.61 Å². The first-order valence-corrected chi connectivity index (χ1v) is 10.6. The number of pyridine rings is 2. The standard InChI is InChI=1S/C23H20ClN5O3/c1-2-30-13-20-28-22(26-14-5-8-18-19(12-14)32-11-10-31-18)15-6-7-17(27-23(15)29-20)21-16(24)4-3-9-25-21/h3-9,12H,2,10-11,13H2,1H3,(H,26,27,28,29). The zero-order valence-corrected chi connectivity index (χ0v) is 18.1. The Bertz CT molecular complexity index is 1280. The van der Waals surface area contributed by atoms with E-state index < -0.39 is 0 Å². The lowest BCUT2D eigenvalue weighted by molar-refractivity contribution is 0.128. The molecule has 9 heteroatoms. The highest BCUT2D eigenvalue weighted by molar-refractivity contribution is 6.32. The SMILES string of the molecule is CCOCc1nc(Nc2ccc3c(c2)OCCO3)c2ccc(-c3ncccc3Cl)nc2n1. The zero-order valence-electron chi connectivity index (χ0n) is 17.3. The summed E-state index contributed by atoms with van der Waals surface area (Å²) >= 11 is 6.32. The lowest BCUT2D eigenvalue weighted by Crippen LogP contribution is -2.15. The molecule has 0 saturated carbocycles. The predicted octanol–water partition coefficient (Wildman–Crippen LogP) is 4.79. The Morgan fingerprint density at radius 3 is 2.75 bits per heavy atom. The fourth-order valence-corrected chi connectivity index (χ4v) is 3.59. The Labute approximate surface area is 189 Å². The molecule has 0 fully saturated rings. The van der Waals surface area contributed by atoms with Gasteiger partial charge >= 0.3 is 0 Å². The number of hydrogen-bond acceptors (Lipinski definition) is 8. The Kier molecular flexibility index (Phi) is 5.70. The van der Waals surface area contributed by atoms with Crippen molar-refractivity contribution in [2.45, 2.75) is 13.5 Å². The lowest BCUT2D eigenvalue weighted by Gasteiger charge is -2.19. The fourth-order valence-electron chi connectivity index (χ4n) is 3.37. The molecule has 1 aliphatic heterocycles. The molecule has 4 heterocycles. The van der Waals surface area contributed by atoms with Crippen LogP contribution in [0.5, 0.6) is 11.5 Å². The van der Waals surface area contributed by atoms with Crippen LogP contribution in [-0.2, 0) is 11.3 Å². The third kappa shape index (κ3) is 4.15. The Morgan fingerprint density at radius 1 is 1.03 bits per heavy atom. The number of rotatable bonds is 6. The molecule has 1 aliphatic rings. The van der Waals surface area contributed by atoms with Gasteiger partial charge in [0, 0.05) is 24.6 Å². The summed E-state index contributed by atoms with van der Waals surface area (Å²) < 4.78 is 16.8. The Balaban J connectivity index is 1.57. The first kappa shape index (κ1) is 20.4. The van der Waals surface area contributed by atoms with Gasteiger partial charge in [-0.15, -0.1) is 0 Å². The normalized spacial score (nSPS) is 12.7. The van der Waals surface area contributed by atoms with Crippen LogP contribution in [0.15, 0.2) is 48.7 Å². The molecule has 3 aromatic heterocycles. The van der Waals surface area contributed by atoms with Crippen molar-refractivity contribution in [2.24, 2.45) is 0 Å². The minimum absolute atomic E-state index is 0.276. The molecule has 0 aliphatic carbocycles. The van der Waals surface area contributed by atoms with Crippen LogP contribution in [0, 0.1) is 0 Å². The van der Waals surface area contributed by atoms with Crippen LogP contribution >= 0.6 is 11.6 Å². The average molecular weight is 450 g/mol. The maximum absolute atomic E-state index is 6.32. The largest absolute Gasteiger partial charge is 0.486 e. The maximum atomic E-state index is 6.32. The minimum atomic E-state index is 0.276. The second-order valence-electron chi connectivity index (χ2n) is 7.01. The van der Waals surface area contributed by atoms with Crippen molar-refractivity contribution in [2.75, 3.05) is 25.1 Å². The average Bonchev–Trinajstić information content (AvgIpc) is 2.82. The van der Waals surface area contributed by atoms with E-state index in [4.69, 9.17) is 30.8 Å². The molecule has 5 rings (SSSR count). The van der Waals surface area contributed by atoms with Gasteiger partial charge in [-0.3, -0.25) is 4.98 Å². The van der Waals surface area contributed by atoms with Crippen LogP contribution in [0.4, 0.5) is 11.5 Å². The minimum Gasteiger partial charge on any atom is -0.486 e. The number of nitrogens with zero attached hydrogens (tertiary/aromatic N) is 4. The van der Waals surface area contributed by atoms with E-state index >= 15 is 0 Å². The zero-order chi connectivity index (χ0) is 21.9. The van der Waals surface area contributed by atoms with Gasteiger partial charge in [0.15, 0.2) is 23.0 Å². The van der Waals surface area contributed by atoms with Gasteiger partial charge in [-0.1, -0.05) is 11.6 Å². The smallest absolute Gasteiger partial charge is 0.165 e. The molecule has 0 radical (unpaired) electrons. The third-order valence-corrected chi connectivity index (χ3v) is 5.15. The number of aromatic nitrogens is 4. The first-order chi connectivity index (χ1) is 15.7. The third-order valence-electron chi connectivity index (χ3n) is 4.85. The molecular formula is C23H20ClN5O3. The van der Waals surface area contributed by atoms with Crippen molar-refractivity contribution in [3.8, 4) is 22.9 Å². The molecule has 4 aromatic rings. The predicted molar refractivity (Wildman–Crippen MR) is 122 cm³/mol. The molecule has 32 heavy (non-hydrogen) atoms. The van der Waals surface area contributed by atoms with E-state index in [2.05, 4.69) is 20.3 Å². The molecule has 162 valence electrons. The van der Waals surface area contributed by atoms with E-state index in [1.807, 2.05) is 37.3 Å². The van der Waals surface area contributed by atoms with E-state index in [0.717, 1.165) is 16.8 Å². The fraction of sp³-hybridized carbons (Fsp3) is 0.217. The van der Waals surface area contributed by atoms with E-state index in [9.17, 15) is 0 Å². The van der Waals surface area contributed by atoms with E-state index in [1.165, 1.54) is 0 Å². The van der Waals surface area contributed by atoms with Crippen LogP contribution in [-0.4, -0.2) is 39.8 Å². The van der Waals surface area contributed by atoms with Crippen LogP contribution in [0.1, 0.15) is 12.7 Å². The summed E-state index contributed by atoms with van der Waals surface area (Å²) in [5, 5.41) is 4.65. The molecule has 0 unspecified atom stereocenters. The van der Waals surface area contributed by atoms with Gasteiger partial charge in [0.25, 0.3) is 0 Å². The quantitative estimate of drug-likeness (QED) is 0.449. The Hall–Kier alpha value is -3.49. The van der Waals surface area contributed by atoms with Gasteiger partial charge in [-0.2, -0.15) is 0 Å². The highest BCUT2D eigenvalue weighted by atomic mass is 35.5. The van der Waals surface area contributed by atoms with Crippen LogP contribution in [0.25, 0.3) is 22.4 Å². The number of benzene rings is 1.